The second kappa shape index (κ2) is 6.78. The third-order valence-electron chi connectivity index (χ3n) is 4.18. The summed E-state index contributed by atoms with van der Waals surface area (Å²) in [5.74, 6) is 3.20. The van der Waals surface area contributed by atoms with Crippen LogP contribution in [0.3, 0.4) is 0 Å². The van der Waals surface area contributed by atoms with Gasteiger partial charge in [-0.2, -0.15) is 4.98 Å². The highest BCUT2D eigenvalue weighted by molar-refractivity contribution is 5.63. The van der Waals surface area contributed by atoms with Crippen LogP contribution in [0, 0.1) is 5.92 Å². The number of hydrogen-bond acceptors (Lipinski definition) is 7. The summed E-state index contributed by atoms with van der Waals surface area (Å²) in [6.45, 7) is 7.32. The van der Waals surface area contributed by atoms with Crippen LogP contribution in [0.5, 0.6) is 11.5 Å². The lowest BCUT2D eigenvalue weighted by atomic mass is 10.1. The summed E-state index contributed by atoms with van der Waals surface area (Å²) in [6.07, 6.45) is 2.65. The molecule has 3 heterocycles. The third kappa shape index (κ3) is 3.26. The predicted molar refractivity (Wildman–Crippen MR) is 93.1 cm³/mol. The van der Waals surface area contributed by atoms with Gasteiger partial charge in [-0.05, 0) is 31.0 Å². The van der Waals surface area contributed by atoms with Gasteiger partial charge in [0.1, 0.15) is 24.9 Å². The Hall–Kier alpha value is -2.90. The molecule has 26 heavy (non-hydrogen) atoms. The third-order valence-corrected chi connectivity index (χ3v) is 4.18. The molecule has 0 N–H and O–H groups in total. The Morgan fingerprint density at radius 3 is 2.73 bits per heavy atom. The Bertz CT molecular complexity index is 902. The van der Waals surface area contributed by atoms with Gasteiger partial charge in [-0.25, -0.2) is 4.68 Å². The van der Waals surface area contributed by atoms with Crippen molar-refractivity contribution in [3.63, 3.8) is 0 Å². The summed E-state index contributed by atoms with van der Waals surface area (Å²) in [6, 6.07) is 5.56. The standard InChI is InChI=1S/C18H21N5O3/c1-11(2)8-17-19-18(26-21-17)12(3)23-10-14(20-22-23)13-4-5-15-16(9-13)25-7-6-24-15/h4-5,9-12H,6-8H2,1-3H3. The molecule has 0 saturated carbocycles. The van der Waals surface area contributed by atoms with E-state index in [1.165, 1.54) is 0 Å². The van der Waals surface area contributed by atoms with Crippen LogP contribution < -0.4 is 9.47 Å². The van der Waals surface area contributed by atoms with E-state index >= 15 is 0 Å². The van der Waals surface area contributed by atoms with Gasteiger partial charge in [-0.1, -0.05) is 24.2 Å². The molecular formula is C18H21N5O3. The summed E-state index contributed by atoms with van der Waals surface area (Å²) in [7, 11) is 0. The van der Waals surface area contributed by atoms with Gasteiger partial charge < -0.3 is 14.0 Å². The van der Waals surface area contributed by atoms with Gasteiger partial charge in [-0.3, -0.25) is 0 Å². The lowest BCUT2D eigenvalue weighted by Crippen LogP contribution is -2.15. The van der Waals surface area contributed by atoms with E-state index in [0.717, 1.165) is 29.2 Å². The normalized spacial score (nSPS) is 14.6. The zero-order valence-electron chi connectivity index (χ0n) is 15.0. The quantitative estimate of drug-likeness (QED) is 0.695. The van der Waals surface area contributed by atoms with Crippen molar-refractivity contribution >= 4 is 0 Å². The smallest absolute Gasteiger partial charge is 0.251 e. The van der Waals surface area contributed by atoms with E-state index < -0.39 is 0 Å². The molecule has 1 aromatic carbocycles. The van der Waals surface area contributed by atoms with E-state index in [-0.39, 0.29) is 6.04 Å². The molecule has 1 unspecified atom stereocenters. The minimum absolute atomic E-state index is 0.193. The molecule has 0 aliphatic carbocycles. The average Bonchev–Trinajstić information content (AvgIpc) is 3.30. The lowest BCUT2D eigenvalue weighted by molar-refractivity contribution is 0.171. The van der Waals surface area contributed by atoms with Gasteiger partial charge >= 0.3 is 0 Å². The number of ether oxygens (including phenoxy) is 2. The number of benzene rings is 1. The van der Waals surface area contributed by atoms with Gasteiger partial charge in [-0.15, -0.1) is 5.10 Å². The van der Waals surface area contributed by atoms with Crippen LogP contribution in [0.2, 0.25) is 0 Å². The molecular weight excluding hydrogens is 334 g/mol. The highest BCUT2D eigenvalue weighted by Gasteiger charge is 2.19. The van der Waals surface area contributed by atoms with E-state index in [1.54, 1.807) is 4.68 Å². The molecule has 1 aliphatic heterocycles. The monoisotopic (exact) mass is 355 g/mol. The zero-order valence-corrected chi connectivity index (χ0v) is 15.0. The van der Waals surface area contributed by atoms with Crippen molar-refractivity contribution in [2.75, 3.05) is 13.2 Å². The van der Waals surface area contributed by atoms with Crippen molar-refractivity contribution < 1.29 is 14.0 Å². The Labute approximate surface area is 151 Å². The summed E-state index contributed by atoms with van der Waals surface area (Å²) in [5, 5.41) is 12.5. The molecule has 8 nitrogen and oxygen atoms in total. The fraction of sp³-hybridized carbons (Fsp3) is 0.444. The molecule has 0 amide bonds. The first-order chi connectivity index (χ1) is 12.6. The highest BCUT2D eigenvalue weighted by atomic mass is 16.6. The van der Waals surface area contributed by atoms with Crippen LogP contribution >= 0.6 is 0 Å². The van der Waals surface area contributed by atoms with Crippen LogP contribution in [0.25, 0.3) is 11.3 Å². The van der Waals surface area contributed by atoms with Crippen LogP contribution in [0.1, 0.15) is 38.5 Å². The number of fused-ring (bicyclic) bond motifs is 1. The molecule has 0 bridgehead atoms. The van der Waals surface area contributed by atoms with Crippen molar-refractivity contribution in [1.29, 1.82) is 0 Å². The lowest BCUT2D eigenvalue weighted by Gasteiger charge is -2.18. The van der Waals surface area contributed by atoms with Crippen molar-refractivity contribution in [3.8, 4) is 22.8 Å². The summed E-state index contributed by atoms with van der Waals surface area (Å²) in [4.78, 5) is 4.46. The molecule has 3 aromatic rings. The maximum atomic E-state index is 5.63. The molecule has 8 heteroatoms. The number of hydrogen-bond donors (Lipinski definition) is 0. The molecule has 0 fully saturated rings. The largest absolute Gasteiger partial charge is 0.486 e. The Morgan fingerprint density at radius 1 is 1.12 bits per heavy atom. The van der Waals surface area contributed by atoms with Crippen LogP contribution in [-0.4, -0.2) is 38.3 Å². The Morgan fingerprint density at radius 2 is 1.92 bits per heavy atom. The fourth-order valence-electron chi connectivity index (χ4n) is 2.80. The van der Waals surface area contributed by atoms with Crippen molar-refractivity contribution in [1.82, 2.24) is 25.1 Å². The zero-order chi connectivity index (χ0) is 18.1. The molecule has 136 valence electrons. The summed E-state index contributed by atoms with van der Waals surface area (Å²) >= 11 is 0. The van der Waals surface area contributed by atoms with Gasteiger partial charge in [0.05, 0.1) is 6.20 Å². The van der Waals surface area contributed by atoms with E-state index in [0.29, 0.717) is 30.8 Å². The van der Waals surface area contributed by atoms with Gasteiger partial charge in [0.15, 0.2) is 17.3 Å². The fourth-order valence-corrected chi connectivity index (χ4v) is 2.80. The van der Waals surface area contributed by atoms with Crippen LogP contribution in [0.15, 0.2) is 28.9 Å². The summed E-state index contributed by atoms with van der Waals surface area (Å²) in [5.41, 5.74) is 1.66. The molecule has 2 aromatic heterocycles. The average molecular weight is 355 g/mol. The van der Waals surface area contributed by atoms with Gasteiger partial charge in [0.25, 0.3) is 5.89 Å². The maximum absolute atomic E-state index is 5.63. The van der Waals surface area contributed by atoms with Crippen LogP contribution in [0.4, 0.5) is 0 Å². The van der Waals surface area contributed by atoms with Crippen molar-refractivity contribution in [2.45, 2.75) is 33.2 Å². The first-order valence-corrected chi connectivity index (χ1v) is 8.74. The van der Waals surface area contributed by atoms with E-state index in [9.17, 15) is 0 Å². The topological polar surface area (TPSA) is 88.1 Å². The van der Waals surface area contributed by atoms with E-state index in [2.05, 4.69) is 34.3 Å². The van der Waals surface area contributed by atoms with Crippen molar-refractivity contribution in [3.05, 3.63) is 36.1 Å². The van der Waals surface area contributed by atoms with E-state index in [1.807, 2.05) is 31.3 Å². The number of aromatic nitrogens is 5. The molecule has 1 atom stereocenters. The van der Waals surface area contributed by atoms with Crippen LogP contribution in [-0.2, 0) is 6.42 Å². The number of nitrogens with zero attached hydrogens (tertiary/aromatic N) is 5. The SMILES string of the molecule is CC(C)Cc1noc(C(C)n2cc(-c3ccc4c(c3)OCCO4)nn2)n1. The first kappa shape index (κ1) is 16.6. The molecule has 4 rings (SSSR count). The minimum Gasteiger partial charge on any atom is -0.486 e. The molecule has 0 spiro atoms. The van der Waals surface area contributed by atoms with E-state index in [4.69, 9.17) is 14.0 Å². The summed E-state index contributed by atoms with van der Waals surface area (Å²) < 4.78 is 18.3. The maximum Gasteiger partial charge on any atom is 0.251 e. The molecule has 0 saturated heterocycles. The Kier molecular flexibility index (Phi) is 4.32. The Balaban J connectivity index is 1.55. The number of rotatable bonds is 5. The van der Waals surface area contributed by atoms with Gasteiger partial charge in [0, 0.05) is 12.0 Å². The molecule has 0 radical (unpaired) electrons. The second-order valence-electron chi connectivity index (χ2n) is 6.77. The predicted octanol–water partition coefficient (Wildman–Crippen LogP) is 2.91. The molecule has 1 aliphatic rings. The van der Waals surface area contributed by atoms with Gasteiger partial charge in [0.2, 0.25) is 0 Å². The minimum atomic E-state index is -0.193. The highest BCUT2D eigenvalue weighted by Crippen LogP contribution is 2.34. The van der Waals surface area contributed by atoms with Crippen molar-refractivity contribution in [2.24, 2.45) is 5.92 Å². The first-order valence-electron chi connectivity index (χ1n) is 8.74. The second-order valence-corrected chi connectivity index (χ2v) is 6.77.